The van der Waals surface area contributed by atoms with E-state index in [2.05, 4.69) is 5.32 Å². The molecular weight excluding hydrogens is 416 g/mol. The van der Waals surface area contributed by atoms with Gasteiger partial charge in [0.1, 0.15) is 0 Å². The lowest BCUT2D eigenvalue weighted by molar-refractivity contribution is -0.120. The van der Waals surface area contributed by atoms with E-state index in [1.165, 1.54) is 4.31 Å². The van der Waals surface area contributed by atoms with Gasteiger partial charge in [0.2, 0.25) is 15.9 Å². The number of rotatable bonds is 6. The monoisotopic (exact) mass is 444 g/mol. The van der Waals surface area contributed by atoms with Crippen LogP contribution in [0.15, 0.2) is 47.4 Å². The van der Waals surface area contributed by atoms with E-state index in [1.54, 1.807) is 56.3 Å². The van der Waals surface area contributed by atoms with Gasteiger partial charge in [-0.25, -0.2) is 13.2 Å². The highest BCUT2D eigenvalue weighted by Gasteiger charge is 2.33. The standard InChI is InChI=1S/C23H28N2O5S/c1-4-30-23(27)18-9-12-21(17(3)14-18)24-22(26)19-6-5-13-25(15-19)31(28,29)20-10-7-16(2)8-11-20/h7-12,14,19H,4-6,13,15H2,1-3H3,(H,24,26). The Morgan fingerprint density at radius 2 is 1.84 bits per heavy atom. The molecule has 1 N–H and O–H groups in total. The molecule has 2 aromatic rings. The Hall–Kier alpha value is -2.71. The molecule has 1 atom stereocenters. The molecule has 7 nitrogen and oxygen atoms in total. The lowest BCUT2D eigenvalue weighted by Gasteiger charge is -2.31. The van der Waals surface area contributed by atoms with Crippen molar-refractivity contribution in [3.63, 3.8) is 0 Å². The average Bonchev–Trinajstić information content (AvgIpc) is 2.75. The summed E-state index contributed by atoms with van der Waals surface area (Å²) in [6, 6.07) is 11.7. The zero-order valence-electron chi connectivity index (χ0n) is 18.1. The van der Waals surface area contributed by atoms with E-state index in [0.29, 0.717) is 37.2 Å². The van der Waals surface area contributed by atoms with Crippen LogP contribution in [0.3, 0.4) is 0 Å². The van der Waals surface area contributed by atoms with Crippen LogP contribution in [0, 0.1) is 19.8 Å². The van der Waals surface area contributed by atoms with Crippen LogP contribution in [0.1, 0.15) is 41.3 Å². The third-order valence-corrected chi connectivity index (χ3v) is 7.29. The van der Waals surface area contributed by atoms with Gasteiger partial charge in [-0.1, -0.05) is 17.7 Å². The molecule has 0 radical (unpaired) electrons. The van der Waals surface area contributed by atoms with E-state index < -0.39 is 21.9 Å². The maximum atomic E-state index is 13.0. The number of nitrogens with one attached hydrogen (secondary N) is 1. The van der Waals surface area contributed by atoms with Gasteiger partial charge in [0.15, 0.2) is 0 Å². The quantitative estimate of drug-likeness (QED) is 0.688. The predicted octanol–water partition coefficient (Wildman–Crippen LogP) is 3.52. The molecule has 0 aliphatic carbocycles. The van der Waals surface area contributed by atoms with Gasteiger partial charge in [-0.2, -0.15) is 4.31 Å². The van der Waals surface area contributed by atoms with Crippen molar-refractivity contribution < 1.29 is 22.7 Å². The summed E-state index contributed by atoms with van der Waals surface area (Å²) in [6.45, 7) is 6.27. The number of amides is 1. The summed E-state index contributed by atoms with van der Waals surface area (Å²) < 4.78 is 32.4. The van der Waals surface area contributed by atoms with E-state index in [1.807, 2.05) is 6.92 Å². The third-order valence-electron chi connectivity index (χ3n) is 5.41. The molecule has 1 amide bonds. The van der Waals surface area contributed by atoms with E-state index in [0.717, 1.165) is 11.1 Å². The molecule has 3 rings (SSSR count). The van der Waals surface area contributed by atoms with Crippen LogP contribution >= 0.6 is 0 Å². The average molecular weight is 445 g/mol. The van der Waals surface area contributed by atoms with Gasteiger partial charge in [-0.05, 0) is 69.5 Å². The van der Waals surface area contributed by atoms with Gasteiger partial charge in [-0.3, -0.25) is 4.79 Å². The highest BCUT2D eigenvalue weighted by atomic mass is 32.2. The number of carbonyl (C=O) groups is 2. The normalized spacial score (nSPS) is 17.2. The largest absolute Gasteiger partial charge is 0.462 e. The summed E-state index contributed by atoms with van der Waals surface area (Å²) in [4.78, 5) is 25.0. The van der Waals surface area contributed by atoms with Crippen molar-refractivity contribution >= 4 is 27.6 Å². The molecule has 31 heavy (non-hydrogen) atoms. The molecule has 1 unspecified atom stereocenters. The minimum Gasteiger partial charge on any atom is -0.462 e. The molecule has 0 spiro atoms. The second-order valence-electron chi connectivity index (χ2n) is 7.75. The molecule has 0 saturated carbocycles. The number of hydrogen-bond donors (Lipinski definition) is 1. The maximum Gasteiger partial charge on any atom is 0.338 e. The van der Waals surface area contributed by atoms with E-state index in [4.69, 9.17) is 4.74 Å². The van der Waals surface area contributed by atoms with Crippen molar-refractivity contribution in [3.05, 3.63) is 59.2 Å². The Bertz CT molecular complexity index is 1060. The fraction of sp³-hybridized carbons (Fsp3) is 0.391. The number of ether oxygens (including phenoxy) is 1. The van der Waals surface area contributed by atoms with Crippen molar-refractivity contribution in [1.82, 2.24) is 4.31 Å². The molecule has 1 heterocycles. The third kappa shape index (κ3) is 5.32. The topological polar surface area (TPSA) is 92.8 Å². The van der Waals surface area contributed by atoms with Crippen molar-refractivity contribution in [3.8, 4) is 0 Å². The van der Waals surface area contributed by atoms with Crippen LogP contribution < -0.4 is 5.32 Å². The number of benzene rings is 2. The SMILES string of the molecule is CCOC(=O)c1ccc(NC(=O)C2CCCN(S(=O)(=O)c3ccc(C)cc3)C2)c(C)c1. The summed E-state index contributed by atoms with van der Waals surface area (Å²) in [5, 5.41) is 2.88. The van der Waals surface area contributed by atoms with Crippen LogP contribution in [0.4, 0.5) is 5.69 Å². The summed E-state index contributed by atoms with van der Waals surface area (Å²) in [7, 11) is -3.64. The number of anilines is 1. The molecular formula is C23H28N2O5S. The number of piperidine rings is 1. The summed E-state index contributed by atoms with van der Waals surface area (Å²) >= 11 is 0. The first-order valence-electron chi connectivity index (χ1n) is 10.4. The summed E-state index contributed by atoms with van der Waals surface area (Å²) in [6.07, 6.45) is 1.23. The highest BCUT2D eigenvalue weighted by Crippen LogP contribution is 2.26. The van der Waals surface area contributed by atoms with Crippen LogP contribution in [-0.4, -0.2) is 44.3 Å². The predicted molar refractivity (Wildman–Crippen MR) is 118 cm³/mol. The number of carbonyl (C=O) groups excluding carboxylic acids is 2. The van der Waals surface area contributed by atoms with Crippen molar-refractivity contribution in [1.29, 1.82) is 0 Å². The molecule has 8 heteroatoms. The number of sulfonamides is 1. The Morgan fingerprint density at radius 3 is 2.48 bits per heavy atom. The van der Waals surface area contributed by atoms with E-state index in [9.17, 15) is 18.0 Å². The van der Waals surface area contributed by atoms with Crippen molar-refractivity contribution in [2.75, 3.05) is 25.0 Å². The second-order valence-corrected chi connectivity index (χ2v) is 9.69. The van der Waals surface area contributed by atoms with Crippen LogP contribution in [0.2, 0.25) is 0 Å². The van der Waals surface area contributed by atoms with E-state index in [-0.39, 0.29) is 17.3 Å². The van der Waals surface area contributed by atoms with Gasteiger partial charge in [-0.15, -0.1) is 0 Å². The smallest absolute Gasteiger partial charge is 0.338 e. The molecule has 1 aliphatic heterocycles. The second kappa shape index (κ2) is 9.62. The zero-order valence-corrected chi connectivity index (χ0v) is 18.9. The molecule has 1 fully saturated rings. The Labute approximate surface area is 183 Å². The van der Waals surface area contributed by atoms with Crippen LogP contribution in [-0.2, 0) is 19.6 Å². The lowest BCUT2D eigenvalue weighted by Crippen LogP contribution is -2.43. The first kappa shape index (κ1) is 23.0. The fourth-order valence-electron chi connectivity index (χ4n) is 3.61. The minimum atomic E-state index is -3.64. The number of hydrogen-bond acceptors (Lipinski definition) is 5. The summed E-state index contributed by atoms with van der Waals surface area (Å²) in [5.74, 6) is -1.08. The lowest BCUT2D eigenvalue weighted by atomic mass is 9.98. The molecule has 2 aromatic carbocycles. The van der Waals surface area contributed by atoms with Crippen LogP contribution in [0.25, 0.3) is 0 Å². The zero-order chi connectivity index (χ0) is 22.6. The van der Waals surface area contributed by atoms with Crippen molar-refractivity contribution in [2.45, 2.75) is 38.5 Å². The number of nitrogens with zero attached hydrogens (tertiary/aromatic N) is 1. The van der Waals surface area contributed by atoms with Crippen LogP contribution in [0.5, 0.6) is 0 Å². The minimum absolute atomic E-state index is 0.141. The van der Waals surface area contributed by atoms with E-state index >= 15 is 0 Å². The molecule has 1 saturated heterocycles. The fourth-order valence-corrected chi connectivity index (χ4v) is 5.14. The van der Waals surface area contributed by atoms with Gasteiger partial charge in [0.05, 0.1) is 23.0 Å². The Balaban J connectivity index is 1.70. The molecule has 0 bridgehead atoms. The highest BCUT2D eigenvalue weighted by molar-refractivity contribution is 7.89. The van der Waals surface area contributed by atoms with Gasteiger partial charge in [0, 0.05) is 18.8 Å². The first-order chi connectivity index (χ1) is 14.7. The first-order valence-corrected chi connectivity index (χ1v) is 11.8. The van der Waals surface area contributed by atoms with Crippen molar-refractivity contribution in [2.24, 2.45) is 5.92 Å². The number of esters is 1. The van der Waals surface area contributed by atoms with Gasteiger partial charge >= 0.3 is 5.97 Å². The molecule has 1 aliphatic rings. The Morgan fingerprint density at radius 1 is 1.13 bits per heavy atom. The Kier molecular flexibility index (Phi) is 7.12. The van der Waals surface area contributed by atoms with Gasteiger partial charge in [0.25, 0.3) is 0 Å². The van der Waals surface area contributed by atoms with Gasteiger partial charge < -0.3 is 10.1 Å². The summed E-state index contributed by atoms with van der Waals surface area (Å²) in [5.41, 5.74) is 2.74. The molecule has 166 valence electrons. The molecule has 0 aromatic heterocycles. The maximum absolute atomic E-state index is 13.0. The number of aryl methyl sites for hydroxylation is 2.